The number of hydrogen-bond donors (Lipinski definition) is 1. The molecule has 4 nitrogen and oxygen atoms in total. The Kier molecular flexibility index (Phi) is 3.99. The van der Waals surface area contributed by atoms with Crippen LogP contribution < -0.4 is 11.3 Å². The van der Waals surface area contributed by atoms with E-state index in [4.69, 9.17) is 17.3 Å². The number of aromatic nitrogens is 2. The molecular formula is C13H14ClN3O. The molecule has 0 unspecified atom stereocenters. The Balaban J connectivity index is 1.99. The Morgan fingerprint density at radius 1 is 1.28 bits per heavy atom. The summed E-state index contributed by atoms with van der Waals surface area (Å²) in [5.74, 6) is 0. The standard InChI is InChI=1S/C13H14ClN3O/c14-12-11(15)13(18)17(9-16-12)8-4-7-10-5-2-1-3-6-10/h1-3,5-6,9H,4,7-8,15H2. The van der Waals surface area contributed by atoms with E-state index in [1.807, 2.05) is 18.2 Å². The largest absolute Gasteiger partial charge is 0.392 e. The molecule has 1 aromatic carbocycles. The first-order valence-corrected chi connectivity index (χ1v) is 6.10. The highest BCUT2D eigenvalue weighted by Gasteiger charge is 2.05. The number of halogens is 1. The predicted octanol–water partition coefficient (Wildman–Crippen LogP) is 2.11. The van der Waals surface area contributed by atoms with Crippen LogP contribution in [0.15, 0.2) is 41.5 Å². The zero-order valence-corrected chi connectivity index (χ0v) is 10.6. The lowest BCUT2D eigenvalue weighted by atomic mass is 10.1. The molecule has 0 saturated carbocycles. The van der Waals surface area contributed by atoms with E-state index in [9.17, 15) is 4.79 Å². The van der Waals surface area contributed by atoms with Gasteiger partial charge in [0.15, 0.2) is 5.15 Å². The molecule has 0 spiro atoms. The van der Waals surface area contributed by atoms with E-state index in [1.165, 1.54) is 16.5 Å². The summed E-state index contributed by atoms with van der Waals surface area (Å²) in [6.45, 7) is 0.585. The van der Waals surface area contributed by atoms with E-state index in [1.54, 1.807) is 0 Å². The van der Waals surface area contributed by atoms with Gasteiger partial charge in [0.1, 0.15) is 5.69 Å². The maximum Gasteiger partial charge on any atom is 0.278 e. The summed E-state index contributed by atoms with van der Waals surface area (Å²) in [5.41, 5.74) is 6.53. The van der Waals surface area contributed by atoms with Gasteiger partial charge in [0, 0.05) is 6.54 Å². The van der Waals surface area contributed by atoms with Crippen LogP contribution in [0.2, 0.25) is 5.15 Å². The second kappa shape index (κ2) is 5.69. The molecule has 0 atom stereocenters. The van der Waals surface area contributed by atoms with Crippen molar-refractivity contribution in [2.24, 2.45) is 0 Å². The third-order valence-electron chi connectivity index (χ3n) is 2.73. The average molecular weight is 264 g/mol. The van der Waals surface area contributed by atoms with Crippen molar-refractivity contribution in [3.8, 4) is 0 Å². The maximum absolute atomic E-state index is 11.7. The lowest BCUT2D eigenvalue weighted by molar-refractivity contribution is 0.613. The molecule has 1 aromatic heterocycles. The molecule has 0 amide bonds. The second-order valence-corrected chi connectivity index (χ2v) is 4.39. The minimum absolute atomic E-state index is 0.0128. The van der Waals surface area contributed by atoms with Crippen LogP contribution in [-0.2, 0) is 13.0 Å². The van der Waals surface area contributed by atoms with Crippen LogP contribution >= 0.6 is 11.6 Å². The van der Waals surface area contributed by atoms with E-state index < -0.39 is 0 Å². The van der Waals surface area contributed by atoms with E-state index >= 15 is 0 Å². The van der Waals surface area contributed by atoms with E-state index in [-0.39, 0.29) is 16.4 Å². The van der Waals surface area contributed by atoms with Gasteiger partial charge in [0.05, 0.1) is 6.33 Å². The number of aryl methyl sites for hydroxylation is 2. The van der Waals surface area contributed by atoms with Crippen molar-refractivity contribution in [3.05, 3.63) is 57.7 Å². The minimum atomic E-state index is -0.275. The van der Waals surface area contributed by atoms with Crippen molar-refractivity contribution in [1.29, 1.82) is 0 Å². The minimum Gasteiger partial charge on any atom is -0.392 e. The molecule has 0 bridgehead atoms. The summed E-state index contributed by atoms with van der Waals surface area (Å²) in [7, 11) is 0. The molecule has 2 rings (SSSR count). The van der Waals surface area contributed by atoms with Gasteiger partial charge in [-0.05, 0) is 18.4 Å². The molecule has 5 heteroatoms. The molecular weight excluding hydrogens is 250 g/mol. The molecule has 2 N–H and O–H groups in total. The lowest BCUT2D eigenvalue weighted by Gasteiger charge is -2.06. The van der Waals surface area contributed by atoms with Crippen LogP contribution in [0, 0.1) is 0 Å². The summed E-state index contributed by atoms with van der Waals surface area (Å²) in [4.78, 5) is 15.6. The highest BCUT2D eigenvalue weighted by atomic mass is 35.5. The smallest absolute Gasteiger partial charge is 0.278 e. The number of hydrogen-bond acceptors (Lipinski definition) is 3. The van der Waals surface area contributed by atoms with Crippen molar-refractivity contribution in [3.63, 3.8) is 0 Å². The van der Waals surface area contributed by atoms with E-state index in [0.717, 1.165) is 12.8 Å². The number of benzene rings is 1. The van der Waals surface area contributed by atoms with Gasteiger partial charge in [-0.1, -0.05) is 41.9 Å². The fraction of sp³-hybridized carbons (Fsp3) is 0.231. The zero-order chi connectivity index (χ0) is 13.0. The SMILES string of the molecule is Nc1c(Cl)ncn(CCCc2ccccc2)c1=O. The molecule has 0 aliphatic rings. The number of nitrogens with zero attached hydrogens (tertiary/aromatic N) is 2. The summed E-state index contributed by atoms with van der Waals surface area (Å²) < 4.78 is 1.49. The topological polar surface area (TPSA) is 60.9 Å². The monoisotopic (exact) mass is 263 g/mol. The number of nitrogen functional groups attached to an aromatic ring is 1. The van der Waals surface area contributed by atoms with Crippen molar-refractivity contribution in [2.45, 2.75) is 19.4 Å². The molecule has 0 fully saturated rings. The number of anilines is 1. The fourth-order valence-corrected chi connectivity index (χ4v) is 1.87. The van der Waals surface area contributed by atoms with Crippen molar-refractivity contribution in [1.82, 2.24) is 9.55 Å². The second-order valence-electron chi connectivity index (χ2n) is 4.04. The maximum atomic E-state index is 11.7. The van der Waals surface area contributed by atoms with Crippen LogP contribution in [0.1, 0.15) is 12.0 Å². The van der Waals surface area contributed by atoms with Crippen molar-refractivity contribution >= 4 is 17.3 Å². The zero-order valence-electron chi connectivity index (χ0n) is 9.84. The molecule has 94 valence electrons. The Labute approximate surface area is 110 Å². The van der Waals surface area contributed by atoms with Gasteiger partial charge < -0.3 is 5.73 Å². The van der Waals surface area contributed by atoms with Gasteiger partial charge in [-0.25, -0.2) is 4.98 Å². The van der Waals surface area contributed by atoms with Gasteiger partial charge in [-0.15, -0.1) is 0 Å². The Hall–Kier alpha value is -1.81. The van der Waals surface area contributed by atoms with Crippen molar-refractivity contribution in [2.75, 3.05) is 5.73 Å². The summed E-state index contributed by atoms with van der Waals surface area (Å²) >= 11 is 5.67. The van der Waals surface area contributed by atoms with Crippen LogP contribution in [0.3, 0.4) is 0 Å². The first-order valence-electron chi connectivity index (χ1n) is 5.73. The Morgan fingerprint density at radius 3 is 2.72 bits per heavy atom. The summed E-state index contributed by atoms with van der Waals surface area (Å²) in [6, 6.07) is 10.1. The average Bonchev–Trinajstić information content (AvgIpc) is 2.40. The van der Waals surface area contributed by atoms with E-state index in [2.05, 4.69) is 17.1 Å². The Morgan fingerprint density at radius 2 is 2.00 bits per heavy atom. The van der Waals surface area contributed by atoms with Crippen LogP contribution in [-0.4, -0.2) is 9.55 Å². The molecule has 0 aliphatic carbocycles. The van der Waals surface area contributed by atoms with Gasteiger partial charge in [0.2, 0.25) is 0 Å². The summed E-state index contributed by atoms with van der Waals surface area (Å²) in [6.07, 6.45) is 3.20. The van der Waals surface area contributed by atoms with Gasteiger partial charge in [-0.3, -0.25) is 9.36 Å². The quantitative estimate of drug-likeness (QED) is 0.860. The molecule has 0 aliphatic heterocycles. The molecule has 2 aromatic rings. The van der Waals surface area contributed by atoms with E-state index in [0.29, 0.717) is 6.54 Å². The number of nitrogens with two attached hydrogens (primary N) is 1. The predicted molar refractivity (Wildman–Crippen MR) is 72.7 cm³/mol. The first kappa shape index (κ1) is 12.6. The molecule has 18 heavy (non-hydrogen) atoms. The molecule has 0 saturated heterocycles. The van der Waals surface area contributed by atoms with Crippen LogP contribution in [0.4, 0.5) is 5.69 Å². The van der Waals surface area contributed by atoms with Gasteiger partial charge in [0.25, 0.3) is 5.56 Å². The molecule has 0 radical (unpaired) electrons. The van der Waals surface area contributed by atoms with Crippen LogP contribution in [0.5, 0.6) is 0 Å². The first-order chi connectivity index (χ1) is 8.68. The third kappa shape index (κ3) is 2.90. The third-order valence-corrected chi connectivity index (χ3v) is 3.03. The highest BCUT2D eigenvalue weighted by Crippen LogP contribution is 2.09. The summed E-state index contributed by atoms with van der Waals surface area (Å²) in [5, 5.41) is 0.0688. The van der Waals surface area contributed by atoms with Crippen molar-refractivity contribution < 1.29 is 0 Å². The van der Waals surface area contributed by atoms with Crippen LogP contribution in [0.25, 0.3) is 0 Å². The normalized spacial score (nSPS) is 10.5. The van der Waals surface area contributed by atoms with Gasteiger partial charge >= 0.3 is 0 Å². The number of rotatable bonds is 4. The van der Waals surface area contributed by atoms with Gasteiger partial charge in [-0.2, -0.15) is 0 Å². The Bertz CT molecular complexity index is 581. The highest BCUT2D eigenvalue weighted by molar-refractivity contribution is 6.31. The fourth-order valence-electron chi connectivity index (χ4n) is 1.74. The molecule has 1 heterocycles. The lowest BCUT2D eigenvalue weighted by Crippen LogP contribution is -2.24.